The first kappa shape index (κ1) is 18.4. The van der Waals surface area contributed by atoms with Crippen molar-refractivity contribution in [1.82, 2.24) is 4.98 Å². The zero-order valence-corrected chi connectivity index (χ0v) is 15.8. The third-order valence-corrected chi connectivity index (χ3v) is 6.67. The molecule has 0 atom stereocenters. The van der Waals surface area contributed by atoms with Gasteiger partial charge in [-0.15, -0.1) is 0 Å². The summed E-state index contributed by atoms with van der Waals surface area (Å²) >= 11 is 0. The number of rotatable bonds is 5. The van der Waals surface area contributed by atoms with Crippen LogP contribution < -0.4 is 10.2 Å². The van der Waals surface area contributed by atoms with Crippen LogP contribution >= 0.6 is 0 Å². The van der Waals surface area contributed by atoms with Gasteiger partial charge in [-0.25, -0.2) is 13.4 Å². The molecule has 1 fully saturated rings. The van der Waals surface area contributed by atoms with Crippen molar-refractivity contribution in [1.29, 1.82) is 0 Å². The van der Waals surface area contributed by atoms with Crippen LogP contribution in [-0.4, -0.2) is 37.6 Å². The molecule has 0 aliphatic carbocycles. The Bertz CT molecular complexity index is 869. The summed E-state index contributed by atoms with van der Waals surface area (Å²) in [5.74, 6) is 0.623. The Morgan fingerprint density at radius 3 is 2.27 bits per heavy atom. The second-order valence-corrected chi connectivity index (χ2v) is 9.18. The number of carbonyl (C=O) groups is 1. The van der Waals surface area contributed by atoms with Gasteiger partial charge in [0.25, 0.3) is 5.91 Å². The maximum atomic E-state index is 12.4. The Labute approximate surface area is 154 Å². The Kier molecular flexibility index (Phi) is 5.27. The standard InChI is InChI=1S/C19H23N3O3S/c1-14(2)26(24,25)17-8-5-15(6-9-17)19(23)21-16-7-10-18(20-13-16)22-11-3-4-12-22/h5-10,13-14H,3-4,11-12H2,1-2H3,(H,21,23). The summed E-state index contributed by atoms with van der Waals surface area (Å²) in [5, 5.41) is 2.29. The Balaban J connectivity index is 1.68. The number of hydrogen-bond acceptors (Lipinski definition) is 5. The maximum absolute atomic E-state index is 12.4. The van der Waals surface area contributed by atoms with Gasteiger partial charge in [0.2, 0.25) is 0 Å². The van der Waals surface area contributed by atoms with Gasteiger partial charge in [-0.1, -0.05) is 0 Å². The van der Waals surface area contributed by atoms with Gasteiger partial charge in [-0.2, -0.15) is 0 Å². The predicted molar refractivity (Wildman–Crippen MR) is 102 cm³/mol. The van der Waals surface area contributed by atoms with Crippen LogP contribution in [-0.2, 0) is 9.84 Å². The lowest BCUT2D eigenvalue weighted by atomic mass is 10.2. The zero-order chi connectivity index (χ0) is 18.7. The highest BCUT2D eigenvalue weighted by atomic mass is 32.2. The van der Waals surface area contributed by atoms with E-state index in [1.807, 2.05) is 12.1 Å². The molecule has 0 radical (unpaired) electrons. The van der Waals surface area contributed by atoms with Gasteiger partial charge in [-0.05, 0) is 63.1 Å². The topological polar surface area (TPSA) is 79.4 Å². The summed E-state index contributed by atoms with van der Waals surface area (Å²) < 4.78 is 24.3. The quantitative estimate of drug-likeness (QED) is 0.871. The van der Waals surface area contributed by atoms with Crippen molar-refractivity contribution < 1.29 is 13.2 Å². The van der Waals surface area contributed by atoms with E-state index in [1.54, 1.807) is 20.0 Å². The monoisotopic (exact) mass is 373 g/mol. The van der Waals surface area contributed by atoms with E-state index in [1.165, 1.54) is 37.1 Å². The molecular formula is C19H23N3O3S. The number of amides is 1. The highest BCUT2D eigenvalue weighted by Crippen LogP contribution is 2.20. The van der Waals surface area contributed by atoms with Gasteiger partial charge in [0.05, 0.1) is 22.0 Å². The average Bonchev–Trinajstić information content (AvgIpc) is 3.17. The Morgan fingerprint density at radius 1 is 1.08 bits per heavy atom. The third kappa shape index (κ3) is 3.88. The molecule has 6 nitrogen and oxygen atoms in total. The second-order valence-electron chi connectivity index (χ2n) is 6.67. The fourth-order valence-corrected chi connectivity index (χ4v) is 3.92. The van der Waals surface area contributed by atoms with Gasteiger partial charge in [0, 0.05) is 18.7 Å². The van der Waals surface area contributed by atoms with E-state index in [9.17, 15) is 13.2 Å². The summed E-state index contributed by atoms with van der Waals surface area (Å²) in [6, 6.07) is 9.72. The molecule has 0 spiro atoms. The summed E-state index contributed by atoms with van der Waals surface area (Å²) in [6.07, 6.45) is 4.01. The molecule has 1 aromatic carbocycles. The molecule has 2 aromatic rings. The van der Waals surface area contributed by atoms with Gasteiger partial charge in [0.1, 0.15) is 5.82 Å². The fourth-order valence-electron chi connectivity index (χ4n) is 2.86. The van der Waals surface area contributed by atoms with Gasteiger partial charge in [-0.3, -0.25) is 4.79 Å². The number of carbonyl (C=O) groups excluding carboxylic acids is 1. The molecular weight excluding hydrogens is 350 g/mol. The lowest BCUT2D eigenvalue weighted by Crippen LogP contribution is -2.19. The molecule has 0 unspecified atom stereocenters. The van der Waals surface area contributed by atoms with E-state index < -0.39 is 15.1 Å². The van der Waals surface area contributed by atoms with Crippen LogP contribution in [0.2, 0.25) is 0 Å². The second kappa shape index (κ2) is 7.45. The molecule has 1 saturated heterocycles. The zero-order valence-electron chi connectivity index (χ0n) is 15.0. The average molecular weight is 373 g/mol. The number of nitrogens with one attached hydrogen (secondary N) is 1. The highest BCUT2D eigenvalue weighted by Gasteiger charge is 2.19. The molecule has 1 N–H and O–H groups in total. The van der Waals surface area contributed by atoms with E-state index in [0.29, 0.717) is 11.3 Å². The number of aromatic nitrogens is 1. The van der Waals surface area contributed by atoms with Crippen molar-refractivity contribution in [2.75, 3.05) is 23.3 Å². The molecule has 1 aromatic heterocycles. The number of hydrogen-bond donors (Lipinski definition) is 1. The molecule has 26 heavy (non-hydrogen) atoms. The van der Waals surface area contributed by atoms with Crippen LogP contribution in [0.1, 0.15) is 37.0 Å². The van der Waals surface area contributed by atoms with Crippen molar-refractivity contribution in [3.8, 4) is 0 Å². The number of benzene rings is 1. The molecule has 3 rings (SSSR count). The molecule has 0 saturated carbocycles. The highest BCUT2D eigenvalue weighted by molar-refractivity contribution is 7.92. The number of anilines is 2. The van der Waals surface area contributed by atoms with Crippen LogP contribution in [0.15, 0.2) is 47.5 Å². The minimum atomic E-state index is -3.34. The van der Waals surface area contributed by atoms with Crippen LogP contribution in [0, 0.1) is 0 Å². The minimum Gasteiger partial charge on any atom is -0.357 e. The van der Waals surface area contributed by atoms with Crippen LogP contribution in [0.4, 0.5) is 11.5 Å². The largest absolute Gasteiger partial charge is 0.357 e. The van der Waals surface area contributed by atoms with E-state index in [0.717, 1.165) is 18.9 Å². The molecule has 1 aliphatic heterocycles. The van der Waals surface area contributed by atoms with Crippen molar-refractivity contribution >= 4 is 27.2 Å². The normalized spacial score (nSPS) is 14.7. The van der Waals surface area contributed by atoms with Crippen molar-refractivity contribution in [2.45, 2.75) is 36.8 Å². The van der Waals surface area contributed by atoms with Crippen LogP contribution in [0.5, 0.6) is 0 Å². The predicted octanol–water partition coefficient (Wildman–Crippen LogP) is 3.12. The first-order chi connectivity index (χ1) is 12.4. The van der Waals surface area contributed by atoms with Crippen LogP contribution in [0.3, 0.4) is 0 Å². The third-order valence-electron chi connectivity index (χ3n) is 4.50. The van der Waals surface area contributed by atoms with E-state index in [4.69, 9.17) is 0 Å². The fraction of sp³-hybridized carbons (Fsp3) is 0.368. The number of nitrogens with zero attached hydrogens (tertiary/aromatic N) is 2. The van der Waals surface area contributed by atoms with Crippen molar-refractivity contribution in [3.05, 3.63) is 48.2 Å². The van der Waals surface area contributed by atoms with Crippen LogP contribution in [0.25, 0.3) is 0 Å². The first-order valence-corrected chi connectivity index (χ1v) is 10.3. The summed E-state index contributed by atoms with van der Waals surface area (Å²) in [6.45, 7) is 5.30. The summed E-state index contributed by atoms with van der Waals surface area (Å²) in [7, 11) is -3.34. The molecule has 138 valence electrons. The Morgan fingerprint density at radius 2 is 1.73 bits per heavy atom. The minimum absolute atomic E-state index is 0.223. The van der Waals surface area contributed by atoms with E-state index in [-0.39, 0.29) is 10.8 Å². The summed E-state index contributed by atoms with van der Waals surface area (Å²) in [5.41, 5.74) is 1.01. The van der Waals surface area contributed by atoms with E-state index >= 15 is 0 Å². The Hall–Kier alpha value is -2.41. The van der Waals surface area contributed by atoms with Gasteiger partial charge >= 0.3 is 0 Å². The number of pyridine rings is 1. The molecule has 2 heterocycles. The van der Waals surface area contributed by atoms with Crippen molar-refractivity contribution in [2.24, 2.45) is 0 Å². The van der Waals surface area contributed by atoms with Gasteiger partial charge in [0.15, 0.2) is 9.84 Å². The smallest absolute Gasteiger partial charge is 0.255 e. The summed E-state index contributed by atoms with van der Waals surface area (Å²) in [4.78, 5) is 19.2. The molecule has 1 amide bonds. The molecule has 7 heteroatoms. The SMILES string of the molecule is CC(C)S(=O)(=O)c1ccc(C(=O)Nc2ccc(N3CCCC3)nc2)cc1. The lowest BCUT2D eigenvalue weighted by molar-refractivity contribution is 0.102. The van der Waals surface area contributed by atoms with Gasteiger partial charge < -0.3 is 10.2 Å². The molecule has 0 bridgehead atoms. The van der Waals surface area contributed by atoms with E-state index in [2.05, 4.69) is 15.2 Å². The number of sulfone groups is 1. The molecule has 1 aliphatic rings. The first-order valence-electron chi connectivity index (χ1n) is 8.74. The lowest BCUT2D eigenvalue weighted by Gasteiger charge is -2.16. The van der Waals surface area contributed by atoms with Crippen molar-refractivity contribution in [3.63, 3.8) is 0 Å². The maximum Gasteiger partial charge on any atom is 0.255 e.